The lowest BCUT2D eigenvalue weighted by Crippen LogP contribution is -2.47. The van der Waals surface area contributed by atoms with Gasteiger partial charge in [-0.05, 0) is 26.2 Å². The minimum Gasteiger partial charge on any atom is -0.356 e. The minimum atomic E-state index is -0.438. The summed E-state index contributed by atoms with van der Waals surface area (Å²) < 4.78 is 0. The number of carbonyl (C=O) groups is 2. The van der Waals surface area contributed by atoms with E-state index >= 15 is 0 Å². The third kappa shape index (κ3) is 4.70. The van der Waals surface area contributed by atoms with Gasteiger partial charge in [-0.1, -0.05) is 0 Å². The number of aromatic nitrogens is 1. The number of thiazole rings is 1. The molecule has 1 unspecified atom stereocenters. The highest BCUT2D eigenvalue weighted by Crippen LogP contribution is 2.16. The Balaban J connectivity index is 1.68. The molecule has 3 amide bonds. The first-order valence-electron chi connectivity index (χ1n) is 7.29. The molecule has 1 atom stereocenters. The molecule has 0 aromatic carbocycles. The number of primary amides is 1. The Bertz CT molecular complexity index is 503. The van der Waals surface area contributed by atoms with Gasteiger partial charge in [0.25, 0.3) is 0 Å². The fourth-order valence-electron chi connectivity index (χ4n) is 2.50. The quantitative estimate of drug-likeness (QED) is 0.803. The summed E-state index contributed by atoms with van der Waals surface area (Å²) >= 11 is 1.66. The number of nitrogens with one attached hydrogen (secondary N) is 1. The normalized spacial score (nSPS) is 18.5. The predicted octanol–water partition coefficient (Wildman–Crippen LogP) is 1.29. The molecule has 1 fully saturated rings. The van der Waals surface area contributed by atoms with E-state index in [1.54, 1.807) is 16.2 Å². The second-order valence-corrected chi connectivity index (χ2v) is 6.34. The first-order chi connectivity index (χ1) is 10.1. The summed E-state index contributed by atoms with van der Waals surface area (Å²) in [6.45, 7) is 3.72. The third-order valence-electron chi connectivity index (χ3n) is 3.64. The Hall–Kier alpha value is -1.63. The average Bonchev–Trinajstić information content (AvgIpc) is 2.89. The summed E-state index contributed by atoms with van der Waals surface area (Å²) in [7, 11) is 0. The topological polar surface area (TPSA) is 88.3 Å². The van der Waals surface area contributed by atoms with E-state index in [9.17, 15) is 9.59 Å². The number of piperidine rings is 1. The van der Waals surface area contributed by atoms with Crippen molar-refractivity contribution in [1.82, 2.24) is 15.2 Å². The highest BCUT2D eigenvalue weighted by molar-refractivity contribution is 7.09. The van der Waals surface area contributed by atoms with Crippen LogP contribution in [0.15, 0.2) is 5.38 Å². The van der Waals surface area contributed by atoms with Crippen molar-refractivity contribution in [3.05, 3.63) is 16.1 Å². The Labute approximate surface area is 128 Å². The fraction of sp³-hybridized carbons (Fsp3) is 0.643. The number of likely N-dealkylation sites (tertiary alicyclic amines) is 1. The van der Waals surface area contributed by atoms with Crippen molar-refractivity contribution in [3.63, 3.8) is 0 Å². The third-order valence-corrected chi connectivity index (χ3v) is 4.66. The molecule has 0 aliphatic carbocycles. The van der Waals surface area contributed by atoms with Crippen molar-refractivity contribution in [2.45, 2.75) is 32.6 Å². The molecule has 1 saturated heterocycles. The molecule has 1 aliphatic rings. The number of carbonyl (C=O) groups excluding carboxylic acids is 2. The van der Waals surface area contributed by atoms with Gasteiger partial charge in [0.05, 0.1) is 10.9 Å². The molecule has 0 saturated carbocycles. The van der Waals surface area contributed by atoms with Crippen LogP contribution >= 0.6 is 11.3 Å². The molecule has 1 aromatic rings. The zero-order valence-electron chi connectivity index (χ0n) is 12.3. The first-order valence-corrected chi connectivity index (χ1v) is 8.17. The van der Waals surface area contributed by atoms with Crippen LogP contribution in [0.4, 0.5) is 4.79 Å². The van der Waals surface area contributed by atoms with E-state index < -0.39 is 6.03 Å². The number of aryl methyl sites for hydroxylation is 2. The first kappa shape index (κ1) is 15.8. The predicted molar refractivity (Wildman–Crippen MR) is 82.1 cm³/mol. The molecule has 1 aromatic heterocycles. The zero-order chi connectivity index (χ0) is 15.2. The summed E-state index contributed by atoms with van der Waals surface area (Å²) in [6, 6.07) is -0.438. The molecule has 1 aliphatic heterocycles. The van der Waals surface area contributed by atoms with E-state index in [0.717, 1.165) is 36.4 Å². The Morgan fingerprint density at radius 2 is 2.38 bits per heavy atom. The number of hydrogen-bond donors (Lipinski definition) is 2. The molecule has 2 heterocycles. The standard InChI is InChI=1S/C14H22N4O2S/c1-10-9-21-12(17-10)5-2-6-16-13(19)11-4-3-7-18(8-11)14(15)20/h9,11H,2-8H2,1H3,(H2,15,20)(H,16,19). The van der Waals surface area contributed by atoms with Crippen molar-refractivity contribution in [2.24, 2.45) is 11.7 Å². The molecule has 0 bridgehead atoms. The van der Waals surface area contributed by atoms with Gasteiger partial charge in [0, 0.05) is 37.1 Å². The lowest BCUT2D eigenvalue weighted by Gasteiger charge is -2.30. The van der Waals surface area contributed by atoms with Crippen LogP contribution in [0.25, 0.3) is 0 Å². The van der Waals surface area contributed by atoms with Gasteiger partial charge in [-0.2, -0.15) is 0 Å². The van der Waals surface area contributed by atoms with Gasteiger partial charge in [0.15, 0.2) is 0 Å². The van der Waals surface area contributed by atoms with Crippen molar-refractivity contribution in [1.29, 1.82) is 0 Å². The number of nitrogens with two attached hydrogens (primary N) is 1. The number of nitrogens with zero attached hydrogens (tertiary/aromatic N) is 2. The van der Waals surface area contributed by atoms with Crippen LogP contribution in [0.3, 0.4) is 0 Å². The summed E-state index contributed by atoms with van der Waals surface area (Å²) in [5.74, 6) is -0.107. The lowest BCUT2D eigenvalue weighted by atomic mass is 9.97. The van der Waals surface area contributed by atoms with Crippen molar-refractivity contribution in [2.75, 3.05) is 19.6 Å². The molecule has 0 radical (unpaired) electrons. The summed E-state index contributed by atoms with van der Waals surface area (Å²) in [5, 5.41) is 6.09. The molecular formula is C14H22N4O2S. The molecule has 2 rings (SSSR count). The largest absolute Gasteiger partial charge is 0.356 e. The summed E-state index contributed by atoms with van der Waals surface area (Å²) in [4.78, 5) is 29.2. The van der Waals surface area contributed by atoms with Gasteiger partial charge in [0.1, 0.15) is 0 Å². The fourth-order valence-corrected chi connectivity index (χ4v) is 3.32. The number of urea groups is 1. The Morgan fingerprint density at radius 1 is 1.57 bits per heavy atom. The van der Waals surface area contributed by atoms with Gasteiger partial charge >= 0.3 is 6.03 Å². The van der Waals surface area contributed by atoms with Crippen molar-refractivity contribution >= 4 is 23.3 Å². The van der Waals surface area contributed by atoms with Gasteiger partial charge in [0.2, 0.25) is 5.91 Å². The van der Waals surface area contributed by atoms with Gasteiger partial charge < -0.3 is 16.0 Å². The van der Waals surface area contributed by atoms with Gasteiger partial charge in [-0.3, -0.25) is 4.79 Å². The van der Waals surface area contributed by atoms with Crippen molar-refractivity contribution < 1.29 is 9.59 Å². The van der Waals surface area contributed by atoms with E-state index in [0.29, 0.717) is 19.6 Å². The van der Waals surface area contributed by atoms with Crippen LogP contribution in [-0.2, 0) is 11.2 Å². The summed E-state index contributed by atoms with van der Waals surface area (Å²) in [6.07, 6.45) is 3.42. The molecule has 116 valence electrons. The smallest absolute Gasteiger partial charge is 0.314 e. The maximum absolute atomic E-state index is 12.1. The zero-order valence-corrected chi connectivity index (χ0v) is 13.1. The number of rotatable bonds is 5. The van der Waals surface area contributed by atoms with Gasteiger partial charge in [-0.25, -0.2) is 9.78 Å². The monoisotopic (exact) mass is 310 g/mol. The maximum atomic E-state index is 12.1. The van der Waals surface area contributed by atoms with E-state index in [4.69, 9.17) is 5.73 Å². The van der Waals surface area contributed by atoms with E-state index in [1.165, 1.54) is 0 Å². The highest BCUT2D eigenvalue weighted by Gasteiger charge is 2.26. The molecule has 0 spiro atoms. The second kappa shape index (κ2) is 7.40. The molecule has 3 N–H and O–H groups in total. The highest BCUT2D eigenvalue weighted by atomic mass is 32.1. The van der Waals surface area contributed by atoms with Crippen LogP contribution < -0.4 is 11.1 Å². The average molecular weight is 310 g/mol. The van der Waals surface area contributed by atoms with Crippen molar-refractivity contribution in [3.8, 4) is 0 Å². The second-order valence-electron chi connectivity index (χ2n) is 5.40. The molecule has 6 nitrogen and oxygen atoms in total. The number of hydrogen-bond acceptors (Lipinski definition) is 4. The Kier molecular flexibility index (Phi) is 5.55. The molecule has 7 heteroatoms. The van der Waals surface area contributed by atoms with Crippen LogP contribution in [0.5, 0.6) is 0 Å². The molecule has 21 heavy (non-hydrogen) atoms. The maximum Gasteiger partial charge on any atom is 0.314 e. The van der Waals surface area contributed by atoms with Crippen LogP contribution in [-0.4, -0.2) is 41.5 Å². The molecular weight excluding hydrogens is 288 g/mol. The minimum absolute atomic E-state index is 0.0243. The van der Waals surface area contributed by atoms with E-state index in [2.05, 4.69) is 10.3 Å². The van der Waals surface area contributed by atoms with Crippen LogP contribution in [0.1, 0.15) is 30.0 Å². The van der Waals surface area contributed by atoms with Crippen LogP contribution in [0.2, 0.25) is 0 Å². The number of amides is 3. The summed E-state index contributed by atoms with van der Waals surface area (Å²) in [5.41, 5.74) is 6.32. The van der Waals surface area contributed by atoms with E-state index in [-0.39, 0.29) is 11.8 Å². The van der Waals surface area contributed by atoms with E-state index in [1.807, 2.05) is 12.3 Å². The van der Waals surface area contributed by atoms with Crippen LogP contribution in [0, 0.1) is 12.8 Å². The SMILES string of the molecule is Cc1csc(CCCNC(=O)C2CCCN(C(N)=O)C2)n1. The lowest BCUT2D eigenvalue weighted by molar-refractivity contribution is -0.126. The van der Waals surface area contributed by atoms with Gasteiger partial charge in [-0.15, -0.1) is 11.3 Å². The Morgan fingerprint density at radius 3 is 3.05 bits per heavy atom.